The molecule has 26 heavy (non-hydrogen) atoms. The van der Waals surface area contributed by atoms with E-state index in [0.29, 0.717) is 15.4 Å². The summed E-state index contributed by atoms with van der Waals surface area (Å²) in [7, 11) is 1.87. The lowest BCUT2D eigenvalue weighted by Crippen LogP contribution is -2.13. The Morgan fingerprint density at radius 2 is 1.62 bits per heavy atom. The molecular formula is C21H15ClN2OS. The quantitative estimate of drug-likeness (QED) is 0.466. The maximum absolute atomic E-state index is 12.6. The fourth-order valence-corrected chi connectivity index (χ4v) is 4.25. The van der Waals surface area contributed by atoms with Crippen molar-refractivity contribution in [2.75, 3.05) is 0 Å². The van der Waals surface area contributed by atoms with Crippen molar-refractivity contribution < 1.29 is 4.79 Å². The van der Waals surface area contributed by atoms with Crippen LogP contribution in [-0.4, -0.2) is 10.5 Å². The molecule has 0 fully saturated rings. The maximum Gasteiger partial charge on any atom is 0.279 e. The summed E-state index contributed by atoms with van der Waals surface area (Å²) in [4.78, 5) is 17.5. The lowest BCUT2D eigenvalue weighted by molar-refractivity contribution is 0.0998. The first kappa shape index (κ1) is 16.8. The Morgan fingerprint density at radius 3 is 2.31 bits per heavy atom. The number of rotatable bonds is 2. The van der Waals surface area contributed by atoms with Crippen LogP contribution in [0.4, 0.5) is 0 Å². The summed E-state index contributed by atoms with van der Waals surface area (Å²) in [6, 6.07) is 23.3. The molecule has 0 aliphatic heterocycles. The number of hydrogen-bond acceptors (Lipinski definition) is 2. The highest BCUT2D eigenvalue weighted by Crippen LogP contribution is 2.24. The Kier molecular flexibility index (Phi) is 4.45. The zero-order chi connectivity index (χ0) is 18.1. The van der Waals surface area contributed by atoms with Gasteiger partial charge in [-0.15, -0.1) is 0 Å². The van der Waals surface area contributed by atoms with Gasteiger partial charge in [0.2, 0.25) is 0 Å². The number of para-hydroxylation sites is 1. The number of thiazole rings is 1. The van der Waals surface area contributed by atoms with Crippen molar-refractivity contribution >= 4 is 39.1 Å². The van der Waals surface area contributed by atoms with Gasteiger partial charge in [0.25, 0.3) is 5.91 Å². The first-order valence-electron chi connectivity index (χ1n) is 8.12. The van der Waals surface area contributed by atoms with Crippen molar-refractivity contribution in [3.05, 3.63) is 88.2 Å². The van der Waals surface area contributed by atoms with Crippen LogP contribution in [0.15, 0.2) is 77.8 Å². The van der Waals surface area contributed by atoms with E-state index >= 15 is 0 Å². The van der Waals surface area contributed by atoms with Crippen molar-refractivity contribution in [2.24, 2.45) is 12.0 Å². The van der Waals surface area contributed by atoms with E-state index < -0.39 is 0 Å². The summed E-state index contributed by atoms with van der Waals surface area (Å²) in [6.07, 6.45) is 0. The van der Waals surface area contributed by atoms with Gasteiger partial charge in [0, 0.05) is 12.6 Å². The van der Waals surface area contributed by atoms with Crippen LogP contribution in [0.5, 0.6) is 0 Å². The molecule has 128 valence electrons. The smallest absolute Gasteiger partial charge is 0.279 e. The monoisotopic (exact) mass is 378 g/mol. The highest BCUT2D eigenvalue weighted by molar-refractivity contribution is 7.16. The van der Waals surface area contributed by atoms with Crippen LogP contribution in [-0.2, 0) is 7.05 Å². The predicted molar refractivity (Wildman–Crippen MR) is 108 cm³/mol. The van der Waals surface area contributed by atoms with E-state index in [9.17, 15) is 4.79 Å². The number of carbonyl (C=O) groups is 1. The third-order valence-electron chi connectivity index (χ3n) is 4.21. The summed E-state index contributed by atoms with van der Waals surface area (Å²) in [6.45, 7) is 0. The normalized spacial score (nSPS) is 11.8. The largest absolute Gasteiger partial charge is 0.318 e. The van der Waals surface area contributed by atoms with Crippen LogP contribution in [0.3, 0.4) is 0 Å². The van der Waals surface area contributed by atoms with E-state index in [1.807, 2.05) is 84.4 Å². The molecule has 4 aromatic rings. The first-order chi connectivity index (χ1) is 12.6. The van der Waals surface area contributed by atoms with E-state index in [1.165, 1.54) is 11.3 Å². The van der Waals surface area contributed by atoms with Gasteiger partial charge in [-0.2, -0.15) is 4.99 Å². The number of hydrogen-bond donors (Lipinski definition) is 0. The van der Waals surface area contributed by atoms with E-state index in [0.717, 1.165) is 21.3 Å². The number of amides is 1. The number of halogens is 1. The Labute approximate surface area is 159 Å². The Balaban J connectivity index is 1.69. The summed E-state index contributed by atoms with van der Waals surface area (Å²) in [5, 5.41) is 0.655. The van der Waals surface area contributed by atoms with Crippen LogP contribution < -0.4 is 4.80 Å². The summed E-state index contributed by atoms with van der Waals surface area (Å²) < 4.78 is 2.87. The molecule has 0 aliphatic carbocycles. The predicted octanol–water partition coefficient (Wildman–Crippen LogP) is 5.30. The summed E-state index contributed by atoms with van der Waals surface area (Å²) in [5.41, 5.74) is 3.65. The van der Waals surface area contributed by atoms with Crippen molar-refractivity contribution in [1.29, 1.82) is 0 Å². The minimum Gasteiger partial charge on any atom is -0.318 e. The third kappa shape index (κ3) is 3.09. The molecular weight excluding hydrogens is 364 g/mol. The van der Waals surface area contributed by atoms with E-state index in [1.54, 1.807) is 0 Å². The Hall–Kier alpha value is -2.69. The van der Waals surface area contributed by atoms with Crippen molar-refractivity contribution in [3.8, 4) is 11.1 Å². The molecule has 0 saturated carbocycles. The molecule has 0 bridgehead atoms. The molecule has 0 saturated heterocycles. The SMILES string of the molecule is Cn1c(=NC(=O)c2ccc(-c3ccccc3)cc2)sc2cccc(Cl)c21. The Bertz CT molecular complexity index is 1160. The second kappa shape index (κ2) is 6.90. The molecule has 1 amide bonds. The molecule has 1 aromatic heterocycles. The standard InChI is InChI=1S/C21H15ClN2OS/c1-24-19-17(22)8-5-9-18(19)26-21(24)23-20(25)16-12-10-15(11-13-16)14-6-3-2-4-7-14/h2-13H,1H3. The molecule has 0 N–H and O–H groups in total. The fourth-order valence-electron chi connectivity index (χ4n) is 2.85. The number of carbonyl (C=O) groups excluding carboxylic acids is 1. The molecule has 0 spiro atoms. The zero-order valence-electron chi connectivity index (χ0n) is 14.0. The van der Waals surface area contributed by atoms with Crippen LogP contribution in [0.1, 0.15) is 10.4 Å². The summed E-state index contributed by atoms with van der Waals surface area (Å²) in [5.74, 6) is -0.261. The van der Waals surface area contributed by atoms with Crippen molar-refractivity contribution in [2.45, 2.75) is 0 Å². The number of benzene rings is 3. The fraction of sp³-hybridized carbons (Fsp3) is 0.0476. The molecule has 0 atom stereocenters. The zero-order valence-corrected chi connectivity index (χ0v) is 15.6. The average molecular weight is 379 g/mol. The molecule has 0 unspecified atom stereocenters. The molecule has 3 aromatic carbocycles. The van der Waals surface area contributed by atoms with Gasteiger partial charge in [0.1, 0.15) is 0 Å². The van der Waals surface area contributed by atoms with Crippen molar-refractivity contribution in [1.82, 2.24) is 4.57 Å². The van der Waals surface area contributed by atoms with E-state index in [2.05, 4.69) is 4.99 Å². The van der Waals surface area contributed by atoms with Crippen LogP contribution in [0.2, 0.25) is 5.02 Å². The second-order valence-electron chi connectivity index (χ2n) is 5.89. The van der Waals surface area contributed by atoms with Crippen LogP contribution in [0.25, 0.3) is 21.3 Å². The van der Waals surface area contributed by atoms with E-state index in [-0.39, 0.29) is 5.91 Å². The highest BCUT2D eigenvalue weighted by Gasteiger charge is 2.09. The minimum absolute atomic E-state index is 0.261. The number of fused-ring (bicyclic) bond motifs is 1. The molecule has 0 radical (unpaired) electrons. The van der Waals surface area contributed by atoms with Gasteiger partial charge in [-0.25, -0.2) is 0 Å². The van der Waals surface area contributed by atoms with Gasteiger partial charge in [-0.05, 0) is 35.4 Å². The number of nitrogens with zero attached hydrogens (tertiary/aromatic N) is 2. The van der Waals surface area contributed by atoms with Crippen molar-refractivity contribution in [3.63, 3.8) is 0 Å². The van der Waals surface area contributed by atoms with Crippen LogP contribution >= 0.6 is 22.9 Å². The van der Waals surface area contributed by atoms with Gasteiger partial charge in [-0.3, -0.25) is 4.79 Å². The topological polar surface area (TPSA) is 34.4 Å². The second-order valence-corrected chi connectivity index (χ2v) is 7.31. The van der Waals surface area contributed by atoms with E-state index in [4.69, 9.17) is 11.6 Å². The van der Waals surface area contributed by atoms with Gasteiger partial charge in [0.05, 0.1) is 15.2 Å². The maximum atomic E-state index is 12.6. The first-order valence-corrected chi connectivity index (χ1v) is 9.31. The molecule has 4 rings (SSSR count). The third-order valence-corrected chi connectivity index (χ3v) is 5.61. The number of aryl methyl sites for hydroxylation is 1. The number of aromatic nitrogens is 1. The highest BCUT2D eigenvalue weighted by atomic mass is 35.5. The lowest BCUT2D eigenvalue weighted by Gasteiger charge is -2.02. The molecule has 3 nitrogen and oxygen atoms in total. The molecule has 0 aliphatic rings. The van der Waals surface area contributed by atoms with Gasteiger partial charge >= 0.3 is 0 Å². The molecule has 1 heterocycles. The lowest BCUT2D eigenvalue weighted by atomic mass is 10.0. The Morgan fingerprint density at radius 1 is 0.923 bits per heavy atom. The van der Waals surface area contributed by atoms with Crippen LogP contribution in [0, 0.1) is 0 Å². The van der Waals surface area contributed by atoms with Gasteiger partial charge < -0.3 is 4.57 Å². The molecule has 5 heteroatoms. The minimum atomic E-state index is -0.261. The average Bonchev–Trinajstić information content (AvgIpc) is 2.99. The van der Waals surface area contributed by atoms with Gasteiger partial charge in [0.15, 0.2) is 4.80 Å². The van der Waals surface area contributed by atoms with Gasteiger partial charge in [-0.1, -0.05) is 71.5 Å². The summed E-state index contributed by atoms with van der Waals surface area (Å²) >= 11 is 7.72.